The molecule has 0 aromatic rings. The molecule has 1 aliphatic carbocycles. The largest absolute Gasteiger partial charge is 0.322 e. The van der Waals surface area contributed by atoms with Gasteiger partial charge in [-0.2, -0.15) is 29.3 Å². The van der Waals surface area contributed by atoms with E-state index in [9.17, 15) is 17.6 Å². The van der Waals surface area contributed by atoms with Crippen molar-refractivity contribution in [3.63, 3.8) is 0 Å². The molecule has 1 saturated carbocycles. The molecule has 0 radical (unpaired) electrons. The maximum Gasteiger partial charge on any atom is 0.322 e. The highest BCUT2D eigenvalue weighted by Crippen LogP contribution is 2.55. The van der Waals surface area contributed by atoms with Crippen LogP contribution in [0.15, 0.2) is 0 Å². The predicted octanol–water partition coefficient (Wildman–Crippen LogP) is 2.78. The van der Waals surface area contributed by atoms with Crippen molar-refractivity contribution in [2.75, 3.05) is 5.75 Å². The van der Waals surface area contributed by atoms with Crippen molar-refractivity contribution in [1.29, 1.82) is 0 Å². The molecule has 5 heteroatoms. The summed E-state index contributed by atoms with van der Waals surface area (Å²) >= 11 is 0.897. The van der Waals surface area contributed by atoms with Crippen LogP contribution < -0.4 is 0 Å². The molecule has 0 saturated heterocycles. The molecule has 0 N–H and O–H groups in total. The van der Waals surface area contributed by atoms with Gasteiger partial charge in [-0.15, -0.1) is 0 Å². The minimum atomic E-state index is -3.78. The van der Waals surface area contributed by atoms with Gasteiger partial charge in [0.2, 0.25) is 0 Å². The summed E-state index contributed by atoms with van der Waals surface area (Å²) in [7, 11) is 0. The van der Waals surface area contributed by atoms with E-state index in [2.05, 4.69) is 0 Å². The van der Waals surface area contributed by atoms with Gasteiger partial charge in [-0.3, -0.25) is 0 Å². The van der Waals surface area contributed by atoms with Gasteiger partial charge in [0.25, 0.3) is 0 Å². The molecule has 1 atom stereocenters. The van der Waals surface area contributed by atoms with Gasteiger partial charge in [-0.05, 0) is 5.75 Å². The van der Waals surface area contributed by atoms with Crippen LogP contribution >= 0.6 is 11.8 Å². The van der Waals surface area contributed by atoms with E-state index in [4.69, 9.17) is 0 Å². The molecule has 66 valence electrons. The van der Waals surface area contributed by atoms with Crippen molar-refractivity contribution >= 4 is 11.8 Å². The molecule has 0 spiro atoms. The van der Waals surface area contributed by atoms with E-state index in [1.165, 1.54) is 0 Å². The molecule has 0 aromatic carbocycles. The third kappa shape index (κ3) is 1.23. The standard InChI is InChI=1S/C6H8F4S/c1-2-11-4-3-5(7,8)6(4,9)10/h4H,2-3H2,1H3. The van der Waals surface area contributed by atoms with Gasteiger partial charge in [0.05, 0.1) is 5.25 Å². The first-order valence-corrected chi connectivity index (χ1v) is 4.34. The van der Waals surface area contributed by atoms with E-state index in [1.807, 2.05) is 0 Å². The molecule has 0 bridgehead atoms. The van der Waals surface area contributed by atoms with Crippen LogP contribution in [0.2, 0.25) is 0 Å². The summed E-state index contributed by atoms with van der Waals surface area (Å²) in [6.07, 6.45) is -0.682. The lowest BCUT2D eigenvalue weighted by molar-refractivity contribution is -0.269. The summed E-state index contributed by atoms with van der Waals surface area (Å²) in [6, 6.07) is 0. The van der Waals surface area contributed by atoms with Gasteiger partial charge in [0, 0.05) is 6.42 Å². The van der Waals surface area contributed by atoms with E-state index < -0.39 is 23.5 Å². The quantitative estimate of drug-likeness (QED) is 0.600. The summed E-state index contributed by atoms with van der Waals surface area (Å²) in [5.74, 6) is -7.09. The third-order valence-corrected chi connectivity index (χ3v) is 2.90. The number of rotatable bonds is 2. The highest BCUT2D eigenvalue weighted by Gasteiger charge is 2.71. The van der Waals surface area contributed by atoms with Gasteiger partial charge >= 0.3 is 11.8 Å². The molecule has 0 nitrogen and oxygen atoms in total. The van der Waals surface area contributed by atoms with Crippen LogP contribution in [0.5, 0.6) is 0 Å². The molecular formula is C6H8F4S. The Morgan fingerprint density at radius 2 is 1.91 bits per heavy atom. The Balaban J connectivity index is 2.54. The van der Waals surface area contributed by atoms with Crippen molar-refractivity contribution in [3.05, 3.63) is 0 Å². The van der Waals surface area contributed by atoms with E-state index in [1.54, 1.807) is 6.92 Å². The zero-order valence-electron chi connectivity index (χ0n) is 5.91. The molecule has 1 fully saturated rings. The van der Waals surface area contributed by atoms with Gasteiger partial charge in [0.15, 0.2) is 0 Å². The summed E-state index contributed by atoms with van der Waals surface area (Å²) in [5, 5.41) is -1.18. The lowest BCUT2D eigenvalue weighted by Gasteiger charge is -2.43. The third-order valence-electron chi connectivity index (χ3n) is 1.70. The summed E-state index contributed by atoms with van der Waals surface area (Å²) < 4.78 is 49.0. The Hall–Kier alpha value is 0.0700. The smallest absolute Gasteiger partial charge is 0.200 e. The molecule has 0 heterocycles. The van der Waals surface area contributed by atoms with Crippen LogP contribution in [0.3, 0.4) is 0 Å². The number of hydrogen-bond acceptors (Lipinski definition) is 1. The van der Waals surface area contributed by atoms with Crippen LogP contribution in [0, 0.1) is 0 Å². The highest BCUT2D eigenvalue weighted by molar-refractivity contribution is 8.00. The fourth-order valence-corrected chi connectivity index (χ4v) is 2.08. The van der Waals surface area contributed by atoms with Crippen molar-refractivity contribution in [2.45, 2.75) is 30.4 Å². The zero-order valence-corrected chi connectivity index (χ0v) is 6.73. The molecule has 0 aromatic heterocycles. The maximum atomic E-state index is 12.4. The number of alkyl halides is 4. The summed E-state index contributed by atoms with van der Waals surface area (Å²) in [5.41, 5.74) is 0. The van der Waals surface area contributed by atoms with Crippen LogP contribution in [-0.4, -0.2) is 22.8 Å². The van der Waals surface area contributed by atoms with Crippen LogP contribution in [0.1, 0.15) is 13.3 Å². The van der Waals surface area contributed by atoms with Crippen LogP contribution in [-0.2, 0) is 0 Å². The number of thioether (sulfide) groups is 1. The number of halogens is 4. The Morgan fingerprint density at radius 3 is 2.18 bits per heavy atom. The van der Waals surface area contributed by atoms with Crippen molar-refractivity contribution < 1.29 is 17.6 Å². The second kappa shape index (κ2) is 2.54. The first-order chi connectivity index (χ1) is 4.92. The molecule has 0 amide bonds. The van der Waals surface area contributed by atoms with E-state index in [-0.39, 0.29) is 0 Å². The molecule has 1 rings (SSSR count). The SMILES string of the molecule is CCSC1CC(F)(F)C1(F)F. The Labute approximate surface area is 66.3 Å². The summed E-state index contributed by atoms with van der Waals surface area (Å²) in [4.78, 5) is 0. The fraction of sp³-hybridized carbons (Fsp3) is 1.00. The van der Waals surface area contributed by atoms with Gasteiger partial charge in [-0.1, -0.05) is 6.92 Å². The maximum absolute atomic E-state index is 12.4. The monoisotopic (exact) mass is 188 g/mol. The first-order valence-electron chi connectivity index (χ1n) is 3.29. The van der Waals surface area contributed by atoms with Gasteiger partial charge < -0.3 is 0 Å². The molecule has 0 aliphatic heterocycles. The second-order valence-corrected chi connectivity index (χ2v) is 3.96. The van der Waals surface area contributed by atoms with Crippen LogP contribution in [0.25, 0.3) is 0 Å². The molecule has 1 unspecified atom stereocenters. The number of hydrogen-bond donors (Lipinski definition) is 0. The fourth-order valence-electron chi connectivity index (χ4n) is 0.966. The Kier molecular flexibility index (Phi) is 2.11. The molecular weight excluding hydrogens is 180 g/mol. The predicted molar refractivity (Wildman–Crippen MR) is 36.4 cm³/mol. The van der Waals surface area contributed by atoms with Gasteiger partial charge in [-0.25, -0.2) is 0 Å². The normalized spacial score (nSPS) is 33.0. The topological polar surface area (TPSA) is 0 Å². The molecule has 1 aliphatic rings. The first kappa shape index (κ1) is 9.16. The lowest BCUT2D eigenvalue weighted by Crippen LogP contribution is -2.60. The zero-order chi connectivity index (χ0) is 8.70. The minimum Gasteiger partial charge on any atom is -0.200 e. The van der Waals surface area contributed by atoms with Crippen LogP contribution in [0.4, 0.5) is 17.6 Å². The van der Waals surface area contributed by atoms with E-state index in [0.29, 0.717) is 5.75 Å². The summed E-state index contributed by atoms with van der Waals surface area (Å²) in [6.45, 7) is 1.68. The van der Waals surface area contributed by atoms with E-state index >= 15 is 0 Å². The lowest BCUT2D eigenvalue weighted by atomic mass is 9.89. The minimum absolute atomic E-state index is 0.455. The Bertz CT molecular complexity index is 157. The van der Waals surface area contributed by atoms with Crippen molar-refractivity contribution in [2.24, 2.45) is 0 Å². The van der Waals surface area contributed by atoms with E-state index in [0.717, 1.165) is 11.8 Å². The second-order valence-electron chi connectivity index (χ2n) is 2.48. The highest BCUT2D eigenvalue weighted by atomic mass is 32.2. The van der Waals surface area contributed by atoms with Gasteiger partial charge in [0.1, 0.15) is 0 Å². The Morgan fingerprint density at radius 1 is 1.36 bits per heavy atom. The van der Waals surface area contributed by atoms with Crippen molar-refractivity contribution in [3.8, 4) is 0 Å². The average molecular weight is 188 g/mol. The average Bonchev–Trinajstić information content (AvgIpc) is 1.87. The van der Waals surface area contributed by atoms with Crippen molar-refractivity contribution in [1.82, 2.24) is 0 Å². The molecule has 11 heavy (non-hydrogen) atoms.